The van der Waals surface area contributed by atoms with Crippen LogP contribution in [0.15, 0.2) is 23.7 Å². The Balaban J connectivity index is 1.79. The van der Waals surface area contributed by atoms with Gasteiger partial charge in [-0.2, -0.15) is 0 Å². The van der Waals surface area contributed by atoms with Crippen LogP contribution in [0.1, 0.15) is 26.7 Å². The Morgan fingerprint density at radius 3 is 3.05 bits per heavy atom. The molecule has 6 heteroatoms. The first-order valence-corrected chi connectivity index (χ1v) is 7.34. The van der Waals surface area contributed by atoms with E-state index >= 15 is 0 Å². The highest BCUT2D eigenvalue weighted by molar-refractivity contribution is 5.79. The molecule has 6 nitrogen and oxygen atoms in total. The van der Waals surface area contributed by atoms with Crippen LogP contribution in [-0.4, -0.2) is 47.4 Å². The molecule has 1 aromatic rings. The average molecular weight is 279 g/mol. The Kier molecular flexibility index (Phi) is 5.40. The van der Waals surface area contributed by atoms with Gasteiger partial charge in [-0.3, -0.25) is 4.99 Å². The summed E-state index contributed by atoms with van der Waals surface area (Å²) in [5.41, 5.74) is -0.0906. The van der Waals surface area contributed by atoms with E-state index in [4.69, 9.17) is 4.74 Å². The number of aliphatic imine (C=N–C) groups is 1. The second-order valence-electron chi connectivity index (χ2n) is 5.32. The highest BCUT2D eigenvalue weighted by Gasteiger charge is 2.29. The van der Waals surface area contributed by atoms with E-state index in [0.717, 1.165) is 45.0 Å². The number of guanidine groups is 1. The van der Waals surface area contributed by atoms with Crippen molar-refractivity contribution in [3.63, 3.8) is 0 Å². The quantitative estimate of drug-likeness (QED) is 0.602. The minimum atomic E-state index is -0.0906. The van der Waals surface area contributed by atoms with Gasteiger partial charge in [0.15, 0.2) is 5.96 Å². The van der Waals surface area contributed by atoms with Gasteiger partial charge in [0.2, 0.25) is 0 Å². The zero-order chi connectivity index (χ0) is 14.3. The molecule has 1 fully saturated rings. The van der Waals surface area contributed by atoms with Gasteiger partial charge < -0.3 is 19.9 Å². The van der Waals surface area contributed by atoms with Crippen LogP contribution in [0, 0.1) is 0 Å². The predicted molar refractivity (Wildman–Crippen MR) is 79.8 cm³/mol. The average Bonchev–Trinajstić information content (AvgIpc) is 3.08. The molecular formula is C14H25N5O. The van der Waals surface area contributed by atoms with Gasteiger partial charge in [-0.05, 0) is 26.7 Å². The third-order valence-electron chi connectivity index (χ3n) is 3.44. The molecule has 0 spiro atoms. The third kappa shape index (κ3) is 4.52. The molecule has 1 aliphatic heterocycles. The van der Waals surface area contributed by atoms with Crippen LogP contribution in [0.2, 0.25) is 0 Å². The first-order chi connectivity index (χ1) is 9.72. The van der Waals surface area contributed by atoms with E-state index in [0.29, 0.717) is 6.54 Å². The van der Waals surface area contributed by atoms with Crippen LogP contribution in [0.25, 0.3) is 0 Å². The standard InChI is InChI=1S/C14H25N5O/c1-3-16-13(17-7-9-19-8-6-15-12-19)18-11-14(2)5-4-10-20-14/h6,8,12H,3-5,7,9-11H2,1-2H3,(H2,16,17,18). The van der Waals surface area contributed by atoms with Crippen molar-refractivity contribution in [3.8, 4) is 0 Å². The Labute approximate surface area is 120 Å². The number of ether oxygens (including phenoxy) is 1. The number of hydrogen-bond donors (Lipinski definition) is 2. The lowest BCUT2D eigenvalue weighted by molar-refractivity contribution is 0.0283. The van der Waals surface area contributed by atoms with E-state index in [1.54, 1.807) is 6.20 Å². The summed E-state index contributed by atoms with van der Waals surface area (Å²) in [7, 11) is 0. The zero-order valence-corrected chi connectivity index (χ0v) is 12.4. The van der Waals surface area contributed by atoms with E-state index in [1.165, 1.54) is 0 Å². The Hall–Kier alpha value is -1.56. The summed E-state index contributed by atoms with van der Waals surface area (Å²) in [6.45, 7) is 8.32. The topological polar surface area (TPSA) is 63.5 Å². The van der Waals surface area contributed by atoms with Crippen LogP contribution in [-0.2, 0) is 11.3 Å². The predicted octanol–water partition coefficient (Wildman–Crippen LogP) is 1.01. The Bertz CT molecular complexity index is 409. The van der Waals surface area contributed by atoms with Crippen LogP contribution in [0.3, 0.4) is 0 Å². The maximum Gasteiger partial charge on any atom is 0.191 e. The first-order valence-electron chi connectivity index (χ1n) is 7.34. The second-order valence-corrected chi connectivity index (χ2v) is 5.32. The Morgan fingerprint density at radius 1 is 1.50 bits per heavy atom. The van der Waals surface area contributed by atoms with Gasteiger partial charge in [0, 0.05) is 38.6 Å². The van der Waals surface area contributed by atoms with Gasteiger partial charge in [-0.1, -0.05) is 0 Å². The molecule has 0 saturated carbocycles. The maximum atomic E-state index is 5.76. The van der Waals surface area contributed by atoms with Crippen LogP contribution < -0.4 is 10.6 Å². The van der Waals surface area contributed by atoms with Crippen molar-refractivity contribution < 1.29 is 4.74 Å². The highest BCUT2D eigenvalue weighted by Crippen LogP contribution is 2.24. The molecule has 1 aromatic heterocycles. The zero-order valence-electron chi connectivity index (χ0n) is 12.4. The van der Waals surface area contributed by atoms with Crippen molar-refractivity contribution in [1.29, 1.82) is 0 Å². The first kappa shape index (κ1) is 14.8. The maximum absolute atomic E-state index is 5.76. The Morgan fingerprint density at radius 2 is 2.40 bits per heavy atom. The molecule has 1 saturated heterocycles. The lowest BCUT2D eigenvalue weighted by Gasteiger charge is -2.21. The summed E-state index contributed by atoms with van der Waals surface area (Å²) in [6, 6.07) is 0. The van der Waals surface area contributed by atoms with Crippen LogP contribution in [0.5, 0.6) is 0 Å². The number of imidazole rings is 1. The minimum absolute atomic E-state index is 0.0906. The highest BCUT2D eigenvalue weighted by atomic mass is 16.5. The molecule has 0 aromatic carbocycles. The van der Waals surface area contributed by atoms with E-state index in [1.807, 2.05) is 17.1 Å². The van der Waals surface area contributed by atoms with Crippen LogP contribution in [0.4, 0.5) is 0 Å². The number of rotatable bonds is 6. The molecule has 0 amide bonds. The van der Waals surface area contributed by atoms with Crippen molar-refractivity contribution >= 4 is 5.96 Å². The number of nitrogens with zero attached hydrogens (tertiary/aromatic N) is 3. The summed E-state index contributed by atoms with van der Waals surface area (Å²) in [6.07, 6.45) is 7.79. The monoisotopic (exact) mass is 279 g/mol. The van der Waals surface area contributed by atoms with E-state index in [9.17, 15) is 0 Å². The normalized spacial score (nSPS) is 23.0. The molecule has 112 valence electrons. The summed E-state index contributed by atoms with van der Waals surface area (Å²) < 4.78 is 7.80. The third-order valence-corrected chi connectivity index (χ3v) is 3.44. The molecule has 1 unspecified atom stereocenters. The molecule has 20 heavy (non-hydrogen) atoms. The minimum Gasteiger partial charge on any atom is -0.373 e. The SMILES string of the molecule is CCNC(=NCC1(C)CCCO1)NCCn1ccnc1. The van der Waals surface area contributed by atoms with Crippen molar-refractivity contribution in [1.82, 2.24) is 20.2 Å². The second kappa shape index (κ2) is 7.28. The molecule has 1 atom stereocenters. The fourth-order valence-corrected chi connectivity index (χ4v) is 2.27. The van der Waals surface area contributed by atoms with E-state index in [-0.39, 0.29) is 5.60 Å². The van der Waals surface area contributed by atoms with Crippen molar-refractivity contribution in [3.05, 3.63) is 18.7 Å². The summed E-state index contributed by atoms with van der Waals surface area (Å²) >= 11 is 0. The lowest BCUT2D eigenvalue weighted by Crippen LogP contribution is -2.40. The molecule has 0 bridgehead atoms. The molecular weight excluding hydrogens is 254 g/mol. The van der Waals surface area contributed by atoms with E-state index < -0.39 is 0 Å². The summed E-state index contributed by atoms with van der Waals surface area (Å²) in [5, 5.41) is 6.60. The summed E-state index contributed by atoms with van der Waals surface area (Å²) in [5.74, 6) is 0.851. The van der Waals surface area contributed by atoms with Crippen molar-refractivity contribution in [2.75, 3.05) is 26.2 Å². The fourth-order valence-electron chi connectivity index (χ4n) is 2.27. The fraction of sp³-hybridized carbons (Fsp3) is 0.714. The van der Waals surface area contributed by atoms with Crippen molar-refractivity contribution in [2.24, 2.45) is 4.99 Å². The van der Waals surface area contributed by atoms with E-state index in [2.05, 4.69) is 34.5 Å². The number of nitrogens with one attached hydrogen (secondary N) is 2. The largest absolute Gasteiger partial charge is 0.373 e. The molecule has 0 radical (unpaired) electrons. The van der Waals surface area contributed by atoms with Gasteiger partial charge in [0.1, 0.15) is 0 Å². The van der Waals surface area contributed by atoms with Gasteiger partial charge >= 0.3 is 0 Å². The van der Waals surface area contributed by atoms with Gasteiger partial charge in [0.25, 0.3) is 0 Å². The van der Waals surface area contributed by atoms with Crippen LogP contribution >= 0.6 is 0 Å². The van der Waals surface area contributed by atoms with Gasteiger partial charge in [0.05, 0.1) is 18.5 Å². The molecule has 0 aliphatic carbocycles. The smallest absolute Gasteiger partial charge is 0.191 e. The van der Waals surface area contributed by atoms with Crippen molar-refractivity contribution in [2.45, 2.75) is 38.8 Å². The lowest BCUT2D eigenvalue weighted by atomic mass is 10.0. The van der Waals surface area contributed by atoms with Gasteiger partial charge in [-0.15, -0.1) is 0 Å². The molecule has 2 heterocycles. The number of hydrogen-bond acceptors (Lipinski definition) is 3. The molecule has 2 rings (SSSR count). The van der Waals surface area contributed by atoms with Gasteiger partial charge in [-0.25, -0.2) is 4.98 Å². The summed E-state index contributed by atoms with van der Waals surface area (Å²) in [4.78, 5) is 8.66. The number of aromatic nitrogens is 2. The molecule has 1 aliphatic rings. The molecule has 2 N–H and O–H groups in total.